The molecule has 26 heavy (non-hydrogen) atoms. The minimum Gasteiger partial charge on any atom is -0.194 e. The van der Waals surface area contributed by atoms with Crippen LogP contribution < -0.4 is 0 Å². The number of rotatable bonds is 5. The van der Waals surface area contributed by atoms with E-state index in [1.165, 1.54) is 13.8 Å². The number of halogens is 12. The maximum Gasteiger partial charge on any atom is 0.460 e. The van der Waals surface area contributed by atoms with Crippen LogP contribution in [0.1, 0.15) is 25.0 Å². The molecule has 1 aromatic rings. The average Bonchev–Trinajstić information content (AvgIpc) is 2.44. The molecule has 0 saturated carbocycles. The Balaban J connectivity index is 3.39. The quantitative estimate of drug-likeness (QED) is 0.244. The van der Waals surface area contributed by atoms with E-state index in [1.807, 2.05) is 0 Å². The van der Waals surface area contributed by atoms with Gasteiger partial charge in [-0.1, -0.05) is 38.1 Å². The van der Waals surface area contributed by atoms with E-state index < -0.39 is 40.5 Å². The molecule has 0 heterocycles. The van der Waals surface area contributed by atoms with Crippen LogP contribution in [0.5, 0.6) is 0 Å². The second-order valence-electron chi connectivity index (χ2n) is 5.92. The van der Waals surface area contributed by atoms with Gasteiger partial charge in [0.05, 0.1) is 0 Å². The van der Waals surface area contributed by atoms with Crippen LogP contribution in [0.25, 0.3) is 0 Å². The van der Waals surface area contributed by atoms with Gasteiger partial charge in [-0.3, -0.25) is 0 Å². The summed E-state index contributed by atoms with van der Waals surface area (Å²) in [6, 6.07) is -1.27. The molecular formula is C13H10Cl3F9Si. The number of hydrogen-bond donors (Lipinski definition) is 0. The molecule has 0 bridgehead atoms. The van der Waals surface area contributed by atoms with Crippen molar-refractivity contribution in [3.8, 4) is 0 Å². The fourth-order valence-electron chi connectivity index (χ4n) is 1.82. The van der Waals surface area contributed by atoms with Crippen molar-refractivity contribution < 1.29 is 39.5 Å². The summed E-state index contributed by atoms with van der Waals surface area (Å²) < 4.78 is 117. The first-order valence-corrected chi connectivity index (χ1v) is 11.6. The Bertz CT molecular complexity index is 648. The maximum atomic E-state index is 13.8. The van der Waals surface area contributed by atoms with Crippen LogP contribution in [0.15, 0.2) is 24.3 Å². The van der Waals surface area contributed by atoms with Gasteiger partial charge in [0.2, 0.25) is 0 Å². The molecule has 0 saturated heterocycles. The smallest absolute Gasteiger partial charge is 0.194 e. The van der Waals surface area contributed by atoms with Crippen molar-refractivity contribution in [1.82, 2.24) is 0 Å². The van der Waals surface area contributed by atoms with Gasteiger partial charge in [0.15, 0.2) is 0 Å². The SMILES string of the molecule is CC(C)(c1ccc(C(F)(F)C(F)(F)C(F)(F)C(F)(F)F)cc1)[Si](Cl)(Cl)Cl. The van der Waals surface area contributed by atoms with Crippen molar-refractivity contribution in [1.29, 1.82) is 0 Å². The molecular weight excluding hydrogens is 462 g/mol. The fourth-order valence-corrected chi connectivity index (χ4v) is 3.29. The lowest BCUT2D eigenvalue weighted by Crippen LogP contribution is -2.59. The summed E-state index contributed by atoms with van der Waals surface area (Å²) in [4.78, 5) is 0. The van der Waals surface area contributed by atoms with Gasteiger partial charge in [0.25, 0.3) is 0 Å². The molecule has 0 aliphatic heterocycles. The Morgan fingerprint density at radius 2 is 1.00 bits per heavy atom. The zero-order valence-corrected chi connectivity index (χ0v) is 16.1. The lowest BCUT2D eigenvalue weighted by molar-refractivity contribution is -0.399. The first-order valence-electron chi connectivity index (χ1n) is 6.59. The van der Waals surface area contributed by atoms with Gasteiger partial charge < -0.3 is 0 Å². The van der Waals surface area contributed by atoms with Crippen molar-refractivity contribution in [2.24, 2.45) is 0 Å². The summed E-state index contributed by atoms with van der Waals surface area (Å²) >= 11 is 17.5. The van der Waals surface area contributed by atoms with Gasteiger partial charge in [0.1, 0.15) is 0 Å². The summed E-state index contributed by atoms with van der Waals surface area (Å²) in [5, 5.41) is -1.18. The second kappa shape index (κ2) is 6.63. The highest BCUT2D eigenvalue weighted by atomic mass is 35.8. The standard InChI is InChI=1S/C13H10Cl3F9Si/c1-9(2,26(14,15)16)7-3-5-8(6-4-7)10(17,18)11(19,20)12(21,22)13(23,24)25/h3-6H,1-2H3. The normalized spacial score (nSPS) is 15.3. The van der Waals surface area contributed by atoms with Crippen molar-refractivity contribution in [3.05, 3.63) is 35.4 Å². The molecule has 0 aliphatic carbocycles. The molecule has 1 rings (SSSR count). The second-order valence-corrected chi connectivity index (χ2v) is 15.0. The molecule has 0 spiro atoms. The zero-order valence-electron chi connectivity index (χ0n) is 12.8. The summed E-state index contributed by atoms with van der Waals surface area (Å²) in [5.74, 6) is -19.5. The minimum atomic E-state index is -6.95. The van der Waals surface area contributed by atoms with Gasteiger partial charge in [-0.2, -0.15) is 39.5 Å². The predicted molar refractivity (Wildman–Crippen MR) is 82.6 cm³/mol. The zero-order chi connectivity index (χ0) is 21.0. The summed E-state index contributed by atoms with van der Waals surface area (Å²) in [7, 11) is 0. The third-order valence-corrected chi connectivity index (χ3v) is 9.78. The minimum absolute atomic E-state index is 0.106. The summed E-state index contributed by atoms with van der Waals surface area (Å²) in [5.41, 5.74) is -1.63. The molecule has 150 valence electrons. The highest BCUT2D eigenvalue weighted by Crippen LogP contribution is 2.56. The Morgan fingerprint density at radius 1 is 0.654 bits per heavy atom. The Hall–Kier alpha value is -0.323. The molecule has 13 heteroatoms. The Labute approximate surface area is 157 Å². The fraction of sp³-hybridized carbons (Fsp3) is 0.538. The van der Waals surface area contributed by atoms with E-state index in [0.717, 1.165) is 12.1 Å². The van der Waals surface area contributed by atoms with E-state index in [-0.39, 0.29) is 5.56 Å². The topological polar surface area (TPSA) is 0 Å². The molecule has 0 amide bonds. The molecule has 0 radical (unpaired) electrons. The van der Waals surface area contributed by atoms with Gasteiger partial charge in [-0.25, -0.2) is 0 Å². The van der Waals surface area contributed by atoms with Crippen LogP contribution >= 0.6 is 33.2 Å². The van der Waals surface area contributed by atoms with Crippen molar-refractivity contribution >= 4 is 39.2 Å². The van der Waals surface area contributed by atoms with Crippen molar-refractivity contribution in [3.63, 3.8) is 0 Å². The van der Waals surface area contributed by atoms with Crippen LogP contribution in [-0.2, 0) is 11.0 Å². The van der Waals surface area contributed by atoms with Gasteiger partial charge in [0, 0.05) is 10.6 Å². The van der Waals surface area contributed by atoms with Gasteiger partial charge in [-0.15, -0.1) is 33.2 Å². The molecule has 0 nitrogen and oxygen atoms in total. The van der Waals surface area contributed by atoms with E-state index in [0.29, 0.717) is 12.1 Å². The number of benzene rings is 1. The summed E-state index contributed by atoms with van der Waals surface area (Å²) in [6.45, 7) is 2.84. The number of alkyl halides is 9. The Morgan fingerprint density at radius 3 is 1.31 bits per heavy atom. The highest BCUT2D eigenvalue weighted by Gasteiger charge is 2.82. The lowest BCUT2D eigenvalue weighted by Gasteiger charge is -2.34. The van der Waals surface area contributed by atoms with E-state index in [1.54, 1.807) is 0 Å². The average molecular weight is 472 g/mol. The van der Waals surface area contributed by atoms with Gasteiger partial charge >= 0.3 is 29.9 Å². The molecule has 0 fully saturated rings. The van der Waals surface area contributed by atoms with E-state index in [4.69, 9.17) is 33.2 Å². The van der Waals surface area contributed by atoms with Crippen LogP contribution in [0, 0.1) is 0 Å². The van der Waals surface area contributed by atoms with Crippen LogP contribution in [0.2, 0.25) is 0 Å². The predicted octanol–water partition coefficient (Wildman–Crippen LogP) is 7.08. The highest BCUT2D eigenvalue weighted by molar-refractivity contribution is 7.65. The molecule has 0 aromatic heterocycles. The molecule has 1 aromatic carbocycles. The first kappa shape index (κ1) is 23.7. The van der Waals surface area contributed by atoms with Gasteiger partial charge in [-0.05, 0) is 5.56 Å². The maximum absolute atomic E-state index is 13.8. The molecule has 0 unspecified atom stereocenters. The van der Waals surface area contributed by atoms with E-state index in [9.17, 15) is 39.5 Å². The van der Waals surface area contributed by atoms with Crippen LogP contribution in [-0.4, -0.2) is 24.0 Å². The third kappa shape index (κ3) is 3.66. The molecule has 0 atom stereocenters. The molecule has 0 N–H and O–H groups in total. The molecule has 0 aliphatic rings. The lowest BCUT2D eigenvalue weighted by atomic mass is 9.94. The largest absolute Gasteiger partial charge is 0.460 e. The van der Waals surface area contributed by atoms with E-state index >= 15 is 0 Å². The first-order chi connectivity index (χ1) is 11.2. The van der Waals surface area contributed by atoms with Crippen molar-refractivity contribution in [2.75, 3.05) is 0 Å². The van der Waals surface area contributed by atoms with Crippen LogP contribution in [0.4, 0.5) is 39.5 Å². The van der Waals surface area contributed by atoms with Crippen LogP contribution in [0.3, 0.4) is 0 Å². The number of hydrogen-bond acceptors (Lipinski definition) is 0. The summed E-state index contributed by atoms with van der Waals surface area (Å²) in [6.07, 6.45) is -6.87. The van der Waals surface area contributed by atoms with Crippen molar-refractivity contribution in [2.45, 2.75) is 42.8 Å². The monoisotopic (exact) mass is 470 g/mol. The third-order valence-electron chi connectivity index (χ3n) is 3.82. The van der Waals surface area contributed by atoms with E-state index in [2.05, 4.69) is 0 Å². The Kier molecular flexibility index (Phi) is 6.05.